The van der Waals surface area contributed by atoms with E-state index in [1.54, 1.807) is 0 Å². The standard InChI is InChI=1S/C11H21NO/c1-5-6-7-8-11(4,13)9-12-10(2)3/h10,12-13H,7-9H2,1-4H3. The molecule has 0 aliphatic heterocycles. The molecule has 0 aliphatic rings. The van der Waals surface area contributed by atoms with Crippen LogP contribution in [0.1, 0.15) is 40.5 Å². The third-order valence-electron chi connectivity index (χ3n) is 1.86. The lowest BCUT2D eigenvalue weighted by Gasteiger charge is -2.24. The van der Waals surface area contributed by atoms with E-state index in [-0.39, 0.29) is 0 Å². The first kappa shape index (κ1) is 12.5. The van der Waals surface area contributed by atoms with Crippen molar-refractivity contribution in [3.8, 4) is 11.8 Å². The molecule has 0 spiro atoms. The highest BCUT2D eigenvalue weighted by atomic mass is 16.3. The molecule has 1 atom stereocenters. The third kappa shape index (κ3) is 7.83. The fourth-order valence-corrected chi connectivity index (χ4v) is 0.969. The number of hydrogen-bond acceptors (Lipinski definition) is 2. The molecule has 0 bridgehead atoms. The summed E-state index contributed by atoms with van der Waals surface area (Å²) in [5.41, 5.74) is -0.631. The maximum absolute atomic E-state index is 9.86. The quantitative estimate of drug-likeness (QED) is 0.634. The first-order chi connectivity index (χ1) is 5.98. The normalized spacial score (nSPS) is 14.9. The monoisotopic (exact) mass is 183 g/mol. The van der Waals surface area contributed by atoms with Crippen LogP contribution < -0.4 is 5.32 Å². The molecule has 76 valence electrons. The van der Waals surface area contributed by atoms with Crippen molar-refractivity contribution < 1.29 is 5.11 Å². The van der Waals surface area contributed by atoms with Gasteiger partial charge in [-0.15, -0.1) is 11.8 Å². The zero-order valence-corrected chi connectivity index (χ0v) is 9.15. The summed E-state index contributed by atoms with van der Waals surface area (Å²) in [6.07, 6.45) is 1.50. The Morgan fingerprint density at radius 2 is 2.08 bits per heavy atom. The van der Waals surface area contributed by atoms with Gasteiger partial charge in [-0.3, -0.25) is 0 Å². The lowest BCUT2D eigenvalue weighted by molar-refractivity contribution is 0.0504. The first-order valence-electron chi connectivity index (χ1n) is 4.83. The van der Waals surface area contributed by atoms with E-state index < -0.39 is 5.60 Å². The Hall–Kier alpha value is -0.520. The van der Waals surface area contributed by atoms with Crippen molar-refractivity contribution in [2.24, 2.45) is 0 Å². The van der Waals surface area contributed by atoms with Gasteiger partial charge in [0.2, 0.25) is 0 Å². The Bertz CT molecular complexity index is 186. The zero-order valence-electron chi connectivity index (χ0n) is 9.15. The molecule has 0 amide bonds. The van der Waals surface area contributed by atoms with Crippen LogP contribution in [-0.2, 0) is 0 Å². The van der Waals surface area contributed by atoms with Gasteiger partial charge < -0.3 is 10.4 Å². The Kier molecular flexibility index (Phi) is 5.77. The van der Waals surface area contributed by atoms with Crippen molar-refractivity contribution in [1.82, 2.24) is 5.32 Å². The third-order valence-corrected chi connectivity index (χ3v) is 1.86. The minimum absolute atomic E-state index is 0.420. The molecule has 2 N–H and O–H groups in total. The average molecular weight is 183 g/mol. The molecule has 0 saturated carbocycles. The maximum atomic E-state index is 9.86. The molecular formula is C11H21NO. The topological polar surface area (TPSA) is 32.3 Å². The van der Waals surface area contributed by atoms with E-state index >= 15 is 0 Å². The summed E-state index contributed by atoms with van der Waals surface area (Å²) in [4.78, 5) is 0. The van der Waals surface area contributed by atoms with Crippen molar-refractivity contribution in [2.45, 2.75) is 52.2 Å². The largest absolute Gasteiger partial charge is 0.389 e. The number of hydrogen-bond donors (Lipinski definition) is 2. The van der Waals surface area contributed by atoms with Gasteiger partial charge in [-0.2, -0.15) is 0 Å². The lowest BCUT2D eigenvalue weighted by Crippen LogP contribution is -2.40. The number of nitrogens with one attached hydrogen (secondary N) is 1. The molecule has 0 radical (unpaired) electrons. The van der Waals surface area contributed by atoms with E-state index in [1.165, 1.54) is 0 Å². The van der Waals surface area contributed by atoms with Gasteiger partial charge in [0.15, 0.2) is 0 Å². The van der Waals surface area contributed by atoms with Crippen LogP contribution in [0.25, 0.3) is 0 Å². The second-order valence-corrected chi connectivity index (χ2v) is 3.96. The number of aliphatic hydroxyl groups is 1. The van der Waals surface area contributed by atoms with Crippen molar-refractivity contribution in [2.75, 3.05) is 6.54 Å². The maximum Gasteiger partial charge on any atom is 0.0752 e. The van der Waals surface area contributed by atoms with Crippen molar-refractivity contribution in [3.05, 3.63) is 0 Å². The summed E-state index contributed by atoms with van der Waals surface area (Å²) in [6, 6.07) is 0.420. The van der Waals surface area contributed by atoms with Crippen LogP contribution in [0.5, 0.6) is 0 Å². The van der Waals surface area contributed by atoms with Gasteiger partial charge in [-0.1, -0.05) is 13.8 Å². The highest BCUT2D eigenvalue weighted by Crippen LogP contribution is 2.10. The van der Waals surface area contributed by atoms with E-state index in [9.17, 15) is 5.11 Å². The summed E-state index contributed by atoms with van der Waals surface area (Å²) in [5, 5.41) is 13.1. The molecule has 2 heteroatoms. The average Bonchev–Trinajstić information content (AvgIpc) is 2.02. The summed E-state index contributed by atoms with van der Waals surface area (Å²) in [5.74, 6) is 5.78. The van der Waals surface area contributed by atoms with Crippen molar-refractivity contribution >= 4 is 0 Å². The van der Waals surface area contributed by atoms with Crippen molar-refractivity contribution in [1.29, 1.82) is 0 Å². The lowest BCUT2D eigenvalue weighted by atomic mass is 10.00. The van der Waals surface area contributed by atoms with Gasteiger partial charge in [0, 0.05) is 19.0 Å². The smallest absolute Gasteiger partial charge is 0.0752 e. The molecule has 0 aliphatic carbocycles. The van der Waals surface area contributed by atoms with Crippen LogP contribution in [0, 0.1) is 11.8 Å². The summed E-state index contributed by atoms with van der Waals surface area (Å²) < 4.78 is 0. The van der Waals surface area contributed by atoms with Gasteiger partial charge in [0.25, 0.3) is 0 Å². The molecule has 0 aromatic carbocycles. The van der Waals surface area contributed by atoms with E-state index in [0.29, 0.717) is 12.6 Å². The summed E-state index contributed by atoms with van der Waals surface area (Å²) >= 11 is 0. The van der Waals surface area contributed by atoms with Crippen LogP contribution in [0.2, 0.25) is 0 Å². The Balaban J connectivity index is 3.70. The Labute approximate surface area is 81.7 Å². The van der Waals surface area contributed by atoms with E-state index in [0.717, 1.165) is 12.8 Å². The molecule has 0 rings (SSSR count). The van der Waals surface area contributed by atoms with Gasteiger partial charge in [0.05, 0.1) is 5.60 Å². The zero-order chi connectivity index (χ0) is 10.3. The molecule has 1 unspecified atom stereocenters. The second kappa shape index (κ2) is 6.01. The van der Waals surface area contributed by atoms with E-state index in [1.807, 2.05) is 13.8 Å². The molecule has 0 fully saturated rings. The number of rotatable bonds is 5. The Morgan fingerprint density at radius 1 is 1.46 bits per heavy atom. The second-order valence-electron chi connectivity index (χ2n) is 3.96. The summed E-state index contributed by atoms with van der Waals surface area (Å²) in [7, 11) is 0. The van der Waals surface area contributed by atoms with Gasteiger partial charge in [-0.05, 0) is 20.3 Å². The summed E-state index contributed by atoms with van der Waals surface area (Å²) in [6.45, 7) is 8.45. The highest BCUT2D eigenvalue weighted by Gasteiger charge is 2.18. The fourth-order valence-electron chi connectivity index (χ4n) is 0.969. The van der Waals surface area contributed by atoms with E-state index in [4.69, 9.17) is 0 Å². The van der Waals surface area contributed by atoms with Crippen LogP contribution in [0.15, 0.2) is 0 Å². The predicted octanol–water partition coefficient (Wildman–Crippen LogP) is 1.54. The van der Waals surface area contributed by atoms with Gasteiger partial charge in [-0.25, -0.2) is 0 Å². The van der Waals surface area contributed by atoms with Gasteiger partial charge in [0.1, 0.15) is 0 Å². The molecule has 13 heavy (non-hydrogen) atoms. The minimum Gasteiger partial charge on any atom is -0.389 e. The highest BCUT2D eigenvalue weighted by molar-refractivity contribution is 4.96. The van der Waals surface area contributed by atoms with Crippen LogP contribution in [0.4, 0.5) is 0 Å². The molecular weight excluding hydrogens is 162 g/mol. The van der Waals surface area contributed by atoms with Gasteiger partial charge >= 0.3 is 0 Å². The SMILES string of the molecule is CC#CCCC(C)(O)CNC(C)C. The van der Waals surface area contributed by atoms with Crippen molar-refractivity contribution in [3.63, 3.8) is 0 Å². The fraction of sp³-hybridized carbons (Fsp3) is 0.818. The molecule has 0 heterocycles. The van der Waals surface area contributed by atoms with Crippen LogP contribution >= 0.6 is 0 Å². The Morgan fingerprint density at radius 3 is 2.54 bits per heavy atom. The molecule has 2 nitrogen and oxygen atoms in total. The molecule has 0 aromatic heterocycles. The molecule has 0 aromatic rings. The van der Waals surface area contributed by atoms with Crippen LogP contribution in [-0.4, -0.2) is 23.3 Å². The molecule has 0 saturated heterocycles. The van der Waals surface area contributed by atoms with Crippen LogP contribution in [0.3, 0.4) is 0 Å². The van der Waals surface area contributed by atoms with E-state index in [2.05, 4.69) is 31.0 Å². The minimum atomic E-state index is -0.631. The predicted molar refractivity (Wildman–Crippen MR) is 56.4 cm³/mol. The first-order valence-corrected chi connectivity index (χ1v) is 4.83.